The third-order valence-electron chi connectivity index (χ3n) is 5.41. The van der Waals surface area contributed by atoms with Crippen molar-refractivity contribution in [2.24, 2.45) is 11.8 Å². The van der Waals surface area contributed by atoms with Crippen LogP contribution >= 0.6 is 0 Å². The van der Waals surface area contributed by atoms with Gasteiger partial charge in [-0.25, -0.2) is 0 Å². The predicted octanol–water partition coefficient (Wildman–Crippen LogP) is 3.67. The molecule has 1 fully saturated rings. The van der Waals surface area contributed by atoms with Gasteiger partial charge < -0.3 is 18.9 Å². The zero-order valence-corrected chi connectivity index (χ0v) is 15.6. The second-order valence-electron chi connectivity index (χ2n) is 6.93. The molecule has 140 valence electrons. The molecule has 1 aromatic rings. The highest BCUT2D eigenvalue weighted by Gasteiger charge is 2.51. The third kappa shape index (κ3) is 3.23. The predicted molar refractivity (Wildman–Crippen MR) is 98.2 cm³/mol. The SMILES string of the molecule is C=CC[C@@H]1C[C@]2([C@@H](C)Cc3ccc(OC)c(OC)c3)OCOC2=CC1=O. The number of allylic oxidation sites excluding steroid dienone is 2. The first kappa shape index (κ1) is 18.5. The number of ketones is 1. The van der Waals surface area contributed by atoms with E-state index in [2.05, 4.69) is 13.5 Å². The molecule has 26 heavy (non-hydrogen) atoms. The summed E-state index contributed by atoms with van der Waals surface area (Å²) in [5.41, 5.74) is 0.561. The molecule has 0 aromatic heterocycles. The molecule has 0 spiro atoms. The molecule has 1 aliphatic heterocycles. The van der Waals surface area contributed by atoms with E-state index in [1.807, 2.05) is 18.2 Å². The van der Waals surface area contributed by atoms with Crippen LogP contribution in [-0.4, -0.2) is 32.4 Å². The van der Waals surface area contributed by atoms with Gasteiger partial charge in [-0.15, -0.1) is 6.58 Å². The molecule has 0 saturated carbocycles. The van der Waals surface area contributed by atoms with Crippen LogP contribution in [0.15, 0.2) is 42.7 Å². The highest BCUT2D eigenvalue weighted by atomic mass is 16.7. The van der Waals surface area contributed by atoms with Crippen LogP contribution in [-0.2, 0) is 20.7 Å². The van der Waals surface area contributed by atoms with E-state index in [1.165, 1.54) is 0 Å². The van der Waals surface area contributed by atoms with Gasteiger partial charge in [0.05, 0.1) is 14.2 Å². The van der Waals surface area contributed by atoms with Crippen LogP contribution in [0.3, 0.4) is 0 Å². The summed E-state index contributed by atoms with van der Waals surface area (Å²) in [6.45, 7) is 6.10. The molecule has 2 aliphatic rings. The molecule has 1 saturated heterocycles. The summed E-state index contributed by atoms with van der Waals surface area (Å²) < 4.78 is 22.4. The number of hydrogen-bond donors (Lipinski definition) is 0. The van der Waals surface area contributed by atoms with E-state index in [4.69, 9.17) is 18.9 Å². The Hall–Kier alpha value is -2.27. The van der Waals surface area contributed by atoms with Crippen molar-refractivity contribution < 1.29 is 23.7 Å². The lowest BCUT2D eigenvalue weighted by Gasteiger charge is -2.38. The highest BCUT2D eigenvalue weighted by Crippen LogP contribution is 2.46. The van der Waals surface area contributed by atoms with Crippen LogP contribution in [0.4, 0.5) is 0 Å². The van der Waals surface area contributed by atoms with Crippen LogP contribution in [0.1, 0.15) is 25.3 Å². The Kier molecular flexibility index (Phi) is 5.37. The maximum Gasteiger partial charge on any atom is 0.189 e. The molecule has 0 amide bonds. The Bertz CT molecular complexity index is 723. The molecule has 1 aromatic carbocycles. The van der Waals surface area contributed by atoms with Gasteiger partial charge in [0.25, 0.3) is 0 Å². The van der Waals surface area contributed by atoms with E-state index in [0.717, 1.165) is 12.0 Å². The first-order valence-electron chi connectivity index (χ1n) is 8.88. The first-order valence-corrected chi connectivity index (χ1v) is 8.88. The molecule has 0 bridgehead atoms. The second-order valence-corrected chi connectivity index (χ2v) is 6.93. The molecule has 1 heterocycles. The lowest BCUT2D eigenvalue weighted by Crippen LogP contribution is -2.44. The Morgan fingerprint density at radius 1 is 1.35 bits per heavy atom. The number of rotatable bonds is 7. The molecule has 3 rings (SSSR count). The summed E-state index contributed by atoms with van der Waals surface area (Å²) in [5, 5.41) is 0. The number of hydrogen-bond acceptors (Lipinski definition) is 5. The van der Waals surface area contributed by atoms with Crippen molar-refractivity contribution >= 4 is 5.78 Å². The maximum absolute atomic E-state index is 12.3. The Morgan fingerprint density at radius 2 is 2.12 bits per heavy atom. The van der Waals surface area contributed by atoms with Crippen molar-refractivity contribution in [1.82, 2.24) is 0 Å². The van der Waals surface area contributed by atoms with Crippen molar-refractivity contribution in [3.63, 3.8) is 0 Å². The highest BCUT2D eigenvalue weighted by molar-refractivity contribution is 5.93. The number of carbonyl (C=O) groups excluding carboxylic acids is 1. The zero-order valence-electron chi connectivity index (χ0n) is 15.6. The Balaban J connectivity index is 1.86. The summed E-state index contributed by atoms with van der Waals surface area (Å²) in [6.07, 6.45) is 5.46. The molecule has 5 heteroatoms. The van der Waals surface area contributed by atoms with Gasteiger partial charge in [-0.05, 0) is 42.9 Å². The van der Waals surface area contributed by atoms with Crippen LogP contribution in [0.5, 0.6) is 11.5 Å². The normalized spacial score (nSPS) is 25.7. The number of ether oxygens (including phenoxy) is 4. The average Bonchev–Trinajstić information content (AvgIpc) is 3.06. The van der Waals surface area contributed by atoms with Crippen molar-refractivity contribution in [3.8, 4) is 11.5 Å². The molecule has 5 nitrogen and oxygen atoms in total. The van der Waals surface area contributed by atoms with E-state index in [-0.39, 0.29) is 24.4 Å². The van der Waals surface area contributed by atoms with Crippen LogP contribution in [0.2, 0.25) is 0 Å². The van der Waals surface area contributed by atoms with Crippen molar-refractivity contribution in [3.05, 3.63) is 48.3 Å². The van der Waals surface area contributed by atoms with Gasteiger partial charge in [0, 0.05) is 12.0 Å². The van der Waals surface area contributed by atoms with Gasteiger partial charge in [0.15, 0.2) is 24.1 Å². The van der Waals surface area contributed by atoms with E-state index < -0.39 is 5.60 Å². The number of fused-ring (bicyclic) bond motifs is 1. The fraction of sp³-hybridized carbons (Fsp3) is 0.476. The lowest BCUT2D eigenvalue weighted by atomic mass is 9.71. The minimum absolute atomic E-state index is 0.0966. The molecule has 0 unspecified atom stereocenters. The first-order chi connectivity index (χ1) is 12.5. The number of carbonyl (C=O) groups is 1. The Morgan fingerprint density at radius 3 is 2.81 bits per heavy atom. The Labute approximate surface area is 154 Å². The number of methoxy groups -OCH3 is 2. The van der Waals surface area contributed by atoms with E-state index in [0.29, 0.717) is 30.1 Å². The minimum Gasteiger partial charge on any atom is -0.493 e. The quantitative estimate of drug-likeness (QED) is 0.696. The van der Waals surface area contributed by atoms with Gasteiger partial charge in [-0.3, -0.25) is 4.79 Å². The second kappa shape index (κ2) is 7.54. The molecule has 1 aliphatic carbocycles. The monoisotopic (exact) mass is 358 g/mol. The van der Waals surface area contributed by atoms with E-state index in [9.17, 15) is 4.79 Å². The van der Waals surface area contributed by atoms with E-state index >= 15 is 0 Å². The standard InChI is InChI=1S/C21H26O5/c1-5-6-16-12-21(20(11-17(16)22)25-13-26-21)14(2)9-15-7-8-18(23-3)19(10-15)24-4/h5,7-8,10-11,14,16H,1,6,9,12-13H2,2-4H3/t14-,16+,21+/m0/s1. The van der Waals surface area contributed by atoms with Crippen LogP contribution < -0.4 is 9.47 Å². The molecule has 0 radical (unpaired) electrons. The van der Waals surface area contributed by atoms with E-state index in [1.54, 1.807) is 26.4 Å². The van der Waals surface area contributed by atoms with Crippen molar-refractivity contribution in [2.75, 3.05) is 21.0 Å². The fourth-order valence-electron chi connectivity index (χ4n) is 3.94. The number of benzene rings is 1. The van der Waals surface area contributed by atoms with Crippen LogP contribution in [0.25, 0.3) is 0 Å². The third-order valence-corrected chi connectivity index (χ3v) is 5.41. The summed E-state index contributed by atoms with van der Waals surface area (Å²) in [7, 11) is 3.25. The van der Waals surface area contributed by atoms with Gasteiger partial charge in [-0.1, -0.05) is 19.1 Å². The summed E-state index contributed by atoms with van der Waals surface area (Å²) in [5.74, 6) is 2.20. The molecule has 3 atom stereocenters. The largest absolute Gasteiger partial charge is 0.493 e. The minimum atomic E-state index is -0.561. The smallest absolute Gasteiger partial charge is 0.189 e. The summed E-state index contributed by atoms with van der Waals surface area (Å²) >= 11 is 0. The van der Waals surface area contributed by atoms with Gasteiger partial charge in [0.2, 0.25) is 0 Å². The summed E-state index contributed by atoms with van der Waals surface area (Å²) in [4.78, 5) is 12.3. The van der Waals surface area contributed by atoms with Crippen LogP contribution in [0, 0.1) is 11.8 Å². The van der Waals surface area contributed by atoms with Gasteiger partial charge in [-0.2, -0.15) is 0 Å². The molecule has 0 N–H and O–H groups in total. The molecular weight excluding hydrogens is 332 g/mol. The van der Waals surface area contributed by atoms with Crippen molar-refractivity contribution in [2.45, 2.75) is 31.8 Å². The zero-order chi connectivity index (χ0) is 18.7. The topological polar surface area (TPSA) is 54.0 Å². The lowest BCUT2D eigenvalue weighted by molar-refractivity contribution is -0.123. The van der Waals surface area contributed by atoms with Gasteiger partial charge >= 0.3 is 0 Å². The molecular formula is C21H26O5. The maximum atomic E-state index is 12.3. The van der Waals surface area contributed by atoms with Gasteiger partial charge in [0.1, 0.15) is 11.4 Å². The summed E-state index contributed by atoms with van der Waals surface area (Å²) in [6, 6.07) is 5.93. The fourth-order valence-corrected chi connectivity index (χ4v) is 3.94. The van der Waals surface area contributed by atoms with Crippen molar-refractivity contribution in [1.29, 1.82) is 0 Å². The average molecular weight is 358 g/mol.